The molecule has 0 bridgehead atoms. The van der Waals surface area contributed by atoms with Crippen LogP contribution in [-0.2, 0) is 11.2 Å². The molecule has 1 saturated heterocycles. The predicted molar refractivity (Wildman–Crippen MR) is 108 cm³/mol. The molecule has 3 aromatic rings. The molecule has 2 heterocycles. The summed E-state index contributed by atoms with van der Waals surface area (Å²) in [6.45, 7) is 3.67. The van der Waals surface area contributed by atoms with E-state index in [-0.39, 0.29) is 6.03 Å². The van der Waals surface area contributed by atoms with Gasteiger partial charge in [0.2, 0.25) is 0 Å². The number of rotatable bonds is 5. The third-order valence-electron chi connectivity index (χ3n) is 4.86. The summed E-state index contributed by atoms with van der Waals surface area (Å²) in [5.41, 5.74) is 4.19. The molecule has 0 atom stereocenters. The number of morpholine rings is 1. The number of urea groups is 1. The summed E-state index contributed by atoms with van der Waals surface area (Å²) in [5, 5.41) is 7.15. The second-order valence-corrected chi connectivity index (χ2v) is 6.61. The summed E-state index contributed by atoms with van der Waals surface area (Å²) in [4.78, 5) is 17.9. The molecule has 1 fully saturated rings. The van der Waals surface area contributed by atoms with E-state index in [1.54, 1.807) is 0 Å². The fourth-order valence-electron chi connectivity index (χ4n) is 3.48. The van der Waals surface area contributed by atoms with Gasteiger partial charge in [0.1, 0.15) is 0 Å². The van der Waals surface area contributed by atoms with Crippen LogP contribution in [0.25, 0.3) is 10.9 Å². The van der Waals surface area contributed by atoms with Gasteiger partial charge in [-0.25, -0.2) is 4.79 Å². The van der Waals surface area contributed by atoms with Crippen molar-refractivity contribution in [3.05, 3.63) is 60.3 Å². The first-order valence-corrected chi connectivity index (χ1v) is 9.33. The van der Waals surface area contributed by atoms with E-state index >= 15 is 0 Å². The van der Waals surface area contributed by atoms with Crippen LogP contribution in [0.5, 0.6) is 0 Å². The molecule has 140 valence electrons. The van der Waals surface area contributed by atoms with Crippen LogP contribution >= 0.6 is 0 Å². The molecule has 6 nitrogen and oxygen atoms in total. The third kappa shape index (κ3) is 4.06. The highest BCUT2D eigenvalue weighted by Crippen LogP contribution is 2.26. The number of carbonyl (C=O) groups excluding carboxylic acids is 1. The van der Waals surface area contributed by atoms with Crippen molar-refractivity contribution in [2.75, 3.05) is 43.1 Å². The van der Waals surface area contributed by atoms with Gasteiger partial charge in [-0.15, -0.1) is 0 Å². The van der Waals surface area contributed by atoms with E-state index in [2.05, 4.69) is 32.7 Å². The SMILES string of the molecule is O=C(NCCc1c[nH]c2ccccc12)Nc1ccccc1N1CCOCC1. The van der Waals surface area contributed by atoms with Gasteiger partial charge < -0.3 is 25.3 Å². The summed E-state index contributed by atoms with van der Waals surface area (Å²) in [7, 11) is 0. The minimum Gasteiger partial charge on any atom is -0.378 e. The first-order valence-electron chi connectivity index (χ1n) is 9.33. The number of benzene rings is 2. The normalized spacial score (nSPS) is 14.3. The Labute approximate surface area is 158 Å². The number of carbonyl (C=O) groups is 1. The highest BCUT2D eigenvalue weighted by Gasteiger charge is 2.15. The van der Waals surface area contributed by atoms with Crippen molar-refractivity contribution in [2.45, 2.75) is 6.42 Å². The molecule has 0 saturated carbocycles. The Bertz CT molecular complexity index is 915. The summed E-state index contributed by atoms with van der Waals surface area (Å²) in [6, 6.07) is 15.9. The molecule has 1 aromatic heterocycles. The maximum absolute atomic E-state index is 12.4. The minimum atomic E-state index is -0.185. The first kappa shape index (κ1) is 17.4. The van der Waals surface area contributed by atoms with Gasteiger partial charge in [0.15, 0.2) is 0 Å². The van der Waals surface area contributed by atoms with Gasteiger partial charge in [-0.1, -0.05) is 30.3 Å². The van der Waals surface area contributed by atoms with Crippen molar-refractivity contribution in [2.24, 2.45) is 0 Å². The largest absolute Gasteiger partial charge is 0.378 e. The lowest BCUT2D eigenvalue weighted by Gasteiger charge is -2.30. The second kappa shape index (κ2) is 8.14. The van der Waals surface area contributed by atoms with E-state index in [9.17, 15) is 4.79 Å². The third-order valence-corrected chi connectivity index (χ3v) is 4.86. The van der Waals surface area contributed by atoms with E-state index in [1.165, 1.54) is 10.9 Å². The number of hydrogen-bond donors (Lipinski definition) is 3. The summed E-state index contributed by atoms with van der Waals surface area (Å²) in [6.07, 6.45) is 2.79. The maximum Gasteiger partial charge on any atom is 0.319 e. The van der Waals surface area contributed by atoms with E-state index < -0.39 is 0 Å². The van der Waals surface area contributed by atoms with Crippen molar-refractivity contribution >= 4 is 28.3 Å². The first-order chi connectivity index (χ1) is 13.3. The zero-order valence-corrected chi connectivity index (χ0v) is 15.2. The van der Waals surface area contributed by atoms with Gasteiger partial charge in [0.05, 0.1) is 24.6 Å². The lowest BCUT2D eigenvalue weighted by atomic mass is 10.1. The number of fused-ring (bicyclic) bond motifs is 1. The van der Waals surface area contributed by atoms with Crippen LogP contribution in [0.2, 0.25) is 0 Å². The van der Waals surface area contributed by atoms with Crippen molar-refractivity contribution in [1.29, 1.82) is 0 Å². The van der Waals surface area contributed by atoms with Crippen LogP contribution in [0.4, 0.5) is 16.2 Å². The van der Waals surface area contributed by atoms with Crippen molar-refractivity contribution in [3.63, 3.8) is 0 Å². The number of aromatic nitrogens is 1. The second-order valence-electron chi connectivity index (χ2n) is 6.61. The summed E-state index contributed by atoms with van der Waals surface area (Å²) in [5.74, 6) is 0. The molecular weight excluding hydrogens is 340 g/mol. The molecule has 2 aromatic carbocycles. The number of nitrogens with one attached hydrogen (secondary N) is 3. The van der Waals surface area contributed by atoms with Gasteiger partial charge in [-0.3, -0.25) is 0 Å². The Morgan fingerprint density at radius 2 is 1.85 bits per heavy atom. The van der Waals surface area contributed by atoms with Crippen LogP contribution in [0.3, 0.4) is 0 Å². The molecule has 0 radical (unpaired) electrons. The van der Waals surface area contributed by atoms with Gasteiger partial charge in [0, 0.05) is 36.7 Å². The van der Waals surface area contributed by atoms with Crippen LogP contribution in [-0.4, -0.2) is 43.9 Å². The summed E-state index contributed by atoms with van der Waals surface area (Å²) < 4.78 is 5.42. The zero-order valence-electron chi connectivity index (χ0n) is 15.2. The number of hydrogen-bond acceptors (Lipinski definition) is 3. The Kier molecular flexibility index (Phi) is 5.25. The monoisotopic (exact) mass is 364 g/mol. The molecule has 1 aliphatic heterocycles. The fourth-order valence-corrected chi connectivity index (χ4v) is 3.48. The van der Waals surface area contributed by atoms with Crippen LogP contribution < -0.4 is 15.5 Å². The van der Waals surface area contributed by atoms with E-state index in [4.69, 9.17) is 4.74 Å². The molecule has 0 spiro atoms. The fraction of sp³-hybridized carbons (Fsp3) is 0.286. The van der Waals surface area contributed by atoms with Gasteiger partial charge in [0.25, 0.3) is 0 Å². The average molecular weight is 364 g/mol. The lowest BCUT2D eigenvalue weighted by molar-refractivity contribution is 0.123. The highest BCUT2D eigenvalue weighted by atomic mass is 16.5. The Balaban J connectivity index is 1.34. The Morgan fingerprint density at radius 1 is 1.07 bits per heavy atom. The smallest absolute Gasteiger partial charge is 0.319 e. The van der Waals surface area contributed by atoms with Crippen molar-refractivity contribution < 1.29 is 9.53 Å². The zero-order chi connectivity index (χ0) is 18.5. The van der Waals surface area contributed by atoms with E-state index in [1.807, 2.05) is 42.6 Å². The van der Waals surface area contributed by atoms with Gasteiger partial charge >= 0.3 is 6.03 Å². The molecular formula is C21H24N4O2. The molecule has 4 rings (SSSR count). The van der Waals surface area contributed by atoms with E-state index in [0.717, 1.165) is 36.4 Å². The Hall–Kier alpha value is -2.99. The van der Waals surface area contributed by atoms with Crippen LogP contribution in [0.15, 0.2) is 54.7 Å². The van der Waals surface area contributed by atoms with Crippen LogP contribution in [0.1, 0.15) is 5.56 Å². The quantitative estimate of drug-likeness (QED) is 0.650. The maximum atomic E-state index is 12.4. The minimum absolute atomic E-state index is 0.185. The van der Waals surface area contributed by atoms with Crippen molar-refractivity contribution in [1.82, 2.24) is 10.3 Å². The number of ether oxygens (including phenoxy) is 1. The molecule has 0 aliphatic carbocycles. The average Bonchev–Trinajstić information content (AvgIpc) is 3.12. The number of H-pyrrole nitrogens is 1. The highest BCUT2D eigenvalue weighted by molar-refractivity contribution is 5.93. The van der Waals surface area contributed by atoms with Crippen LogP contribution in [0, 0.1) is 0 Å². The molecule has 2 amide bonds. The van der Waals surface area contributed by atoms with E-state index in [0.29, 0.717) is 19.8 Å². The van der Waals surface area contributed by atoms with Crippen molar-refractivity contribution in [3.8, 4) is 0 Å². The topological polar surface area (TPSA) is 69.4 Å². The molecule has 0 unspecified atom stereocenters. The molecule has 6 heteroatoms. The Morgan fingerprint density at radius 3 is 2.74 bits per heavy atom. The molecule has 3 N–H and O–H groups in total. The molecule has 1 aliphatic rings. The standard InChI is InChI=1S/C21H24N4O2/c26-21(22-10-9-16-15-23-18-6-2-1-5-17(16)18)24-19-7-3-4-8-20(19)25-11-13-27-14-12-25/h1-8,15,23H,9-14H2,(H2,22,24,26). The summed E-state index contributed by atoms with van der Waals surface area (Å²) >= 11 is 0. The molecule has 27 heavy (non-hydrogen) atoms. The number of amides is 2. The number of para-hydroxylation sites is 3. The number of nitrogens with zero attached hydrogens (tertiary/aromatic N) is 1. The van der Waals surface area contributed by atoms with Gasteiger partial charge in [-0.05, 0) is 30.2 Å². The number of anilines is 2. The van der Waals surface area contributed by atoms with Gasteiger partial charge in [-0.2, -0.15) is 0 Å². The predicted octanol–water partition coefficient (Wildman–Crippen LogP) is 3.37. The number of aromatic amines is 1. The lowest BCUT2D eigenvalue weighted by Crippen LogP contribution is -2.37.